The Morgan fingerprint density at radius 3 is 2.45 bits per heavy atom. The van der Waals surface area contributed by atoms with Crippen LogP contribution in [0.2, 0.25) is 18.6 Å². The first-order chi connectivity index (χ1) is 26.5. The van der Waals surface area contributed by atoms with Gasteiger partial charge in [-0.3, -0.25) is 19.2 Å². The van der Waals surface area contributed by atoms with Crippen LogP contribution in [0.25, 0.3) is 0 Å². The highest BCUT2D eigenvalue weighted by atomic mass is 28.4. The Balaban J connectivity index is 1.07. The zero-order valence-corrected chi connectivity index (χ0v) is 33.0. The van der Waals surface area contributed by atoms with Gasteiger partial charge in [0, 0.05) is 54.2 Å². The van der Waals surface area contributed by atoms with Crippen molar-refractivity contribution >= 4 is 37.3 Å². The minimum atomic E-state index is -3.37. The maximum Gasteiger partial charge on any atom is 0.264 e. The molecule has 4 aliphatic rings. The maximum absolute atomic E-state index is 16.4. The largest absolute Gasteiger partial charge is 0.497 e. The van der Waals surface area contributed by atoms with Gasteiger partial charge in [-0.1, -0.05) is 42.5 Å². The van der Waals surface area contributed by atoms with Crippen LogP contribution in [0.5, 0.6) is 5.75 Å². The number of nitrogens with one attached hydrogen (secondary N) is 1. The fraction of sp³-hybridized carbons (Fsp3) is 0.463. The first kappa shape index (κ1) is 37.3. The molecule has 2 spiro atoms. The van der Waals surface area contributed by atoms with Gasteiger partial charge in [-0.15, -0.1) is 5.10 Å². The van der Waals surface area contributed by atoms with Crippen molar-refractivity contribution in [1.29, 1.82) is 0 Å². The summed E-state index contributed by atoms with van der Waals surface area (Å²) in [5.41, 5.74) is 2.35. The molecule has 0 bridgehead atoms. The summed E-state index contributed by atoms with van der Waals surface area (Å²) in [6.45, 7) is 8.04. The zero-order chi connectivity index (χ0) is 38.5. The molecular weight excluding hydrogens is 718 g/mol. The van der Waals surface area contributed by atoms with Gasteiger partial charge in [0.2, 0.25) is 8.41 Å². The summed E-state index contributed by atoms with van der Waals surface area (Å²) < 4.78 is 30.7. The number of fused-ring (bicyclic) bond motifs is 2. The van der Waals surface area contributed by atoms with Gasteiger partial charge < -0.3 is 33.8 Å². The van der Waals surface area contributed by atoms with E-state index in [9.17, 15) is 14.7 Å². The Hall–Kier alpha value is -4.63. The maximum atomic E-state index is 16.4. The van der Waals surface area contributed by atoms with Gasteiger partial charge in [-0.25, -0.2) is 0 Å². The molecular formula is C41H50FN7O5Si. The molecule has 5 heterocycles. The van der Waals surface area contributed by atoms with Gasteiger partial charge in [0.05, 0.1) is 37.8 Å². The molecule has 8 rings (SSSR count). The second-order valence-corrected chi connectivity index (χ2v) is 19.7. The smallest absolute Gasteiger partial charge is 0.264 e. The Bertz CT molecular complexity index is 2040. The molecule has 55 heavy (non-hydrogen) atoms. The first-order valence-corrected chi connectivity index (χ1v) is 22.3. The van der Waals surface area contributed by atoms with Crippen LogP contribution < -0.4 is 24.8 Å². The molecule has 14 heteroatoms. The molecule has 3 aromatic carbocycles. The highest BCUT2D eigenvalue weighted by molar-refractivity contribution is 6.72. The molecule has 0 aliphatic carbocycles. The SMILES string of the molecule is COc1ccc2c(c1)[C@@]1(O[C@H](CCn3cc(CCO)nn3)[C@@H]([Si](C)(C)F)[C@@H]1C)C(=O)N2Cc1ccc(N2CN(c3ccccc3)C3(CCNCC3)C2=O)cc1. The van der Waals surface area contributed by atoms with Crippen LogP contribution >= 0.6 is 0 Å². The van der Waals surface area contributed by atoms with Crippen molar-refractivity contribution in [2.24, 2.45) is 5.92 Å². The number of aliphatic hydroxyl groups is 1. The number of carbonyl (C=O) groups excluding carboxylic acids is 2. The normalized spacial score (nSPS) is 24.8. The third kappa shape index (κ3) is 6.32. The van der Waals surface area contributed by atoms with Gasteiger partial charge in [0.15, 0.2) is 5.60 Å². The van der Waals surface area contributed by atoms with Gasteiger partial charge in [-0.2, -0.15) is 0 Å². The highest BCUT2D eigenvalue weighted by Gasteiger charge is 2.66. The summed E-state index contributed by atoms with van der Waals surface area (Å²) in [4.78, 5) is 35.1. The lowest BCUT2D eigenvalue weighted by molar-refractivity contribution is -0.146. The standard InChI is InChI=1S/C41H50FN7O5Si/c1-28-37(55(3,4)42)36(16-22-46-26-30(17-23-50)44-45-46)54-41(28)34-24-33(53-2)14-15-35(34)47(39(41)52)25-29-10-12-31(13-11-29)48-27-49(32-8-6-5-7-9-32)40(38(48)51)18-20-43-21-19-40/h5-15,24,26,28,36-37,43,50H,16-23,25,27H2,1-4H3/t28-,36+,37-,41+/m0/s1. The molecule has 0 unspecified atom stereocenters. The van der Waals surface area contributed by atoms with Gasteiger partial charge in [0.25, 0.3) is 11.8 Å². The fourth-order valence-corrected chi connectivity index (χ4v) is 12.2. The van der Waals surface area contributed by atoms with E-state index in [2.05, 4.69) is 32.7 Å². The molecule has 1 aromatic heterocycles. The van der Waals surface area contributed by atoms with Crippen molar-refractivity contribution in [3.05, 3.63) is 95.8 Å². The summed E-state index contributed by atoms with van der Waals surface area (Å²) in [6, 6.07) is 23.6. The lowest BCUT2D eigenvalue weighted by Crippen LogP contribution is -2.55. The molecule has 4 aromatic rings. The van der Waals surface area contributed by atoms with Crippen LogP contribution in [0.15, 0.2) is 79.0 Å². The predicted octanol–water partition coefficient (Wildman–Crippen LogP) is 5.17. The van der Waals surface area contributed by atoms with Crippen molar-refractivity contribution in [2.75, 3.05) is 48.2 Å². The summed E-state index contributed by atoms with van der Waals surface area (Å²) in [5, 5.41) is 21.1. The molecule has 3 fully saturated rings. The van der Waals surface area contributed by atoms with Gasteiger partial charge in [0.1, 0.15) is 11.3 Å². The number of para-hydroxylation sites is 1. The van der Waals surface area contributed by atoms with Crippen molar-refractivity contribution in [3.8, 4) is 5.75 Å². The Kier molecular flexibility index (Phi) is 9.81. The Morgan fingerprint density at radius 1 is 1.02 bits per heavy atom. The zero-order valence-electron chi connectivity index (χ0n) is 32.0. The molecule has 12 nitrogen and oxygen atoms in total. The second kappa shape index (κ2) is 14.5. The number of hydrogen-bond acceptors (Lipinski definition) is 9. The third-order valence-electron chi connectivity index (χ3n) is 12.3. The van der Waals surface area contributed by atoms with Crippen molar-refractivity contribution in [3.63, 3.8) is 0 Å². The van der Waals surface area contributed by atoms with E-state index in [0.29, 0.717) is 48.7 Å². The molecule has 2 N–H and O–H groups in total. The number of anilines is 3. The predicted molar refractivity (Wildman–Crippen MR) is 210 cm³/mol. The molecule has 290 valence electrons. The number of piperidine rings is 1. The minimum absolute atomic E-state index is 0.0237. The van der Waals surface area contributed by atoms with Crippen molar-refractivity contribution in [1.82, 2.24) is 20.3 Å². The van der Waals surface area contributed by atoms with E-state index in [1.807, 2.05) is 72.5 Å². The number of benzene rings is 3. The third-order valence-corrected chi connectivity index (χ3v) is 14.8. The number of amides is 2. The van der Waals surface area contributed by atoms with E-state index in [0.717, 1.165) is 42.9 Å². The second-order valence-electron chi connectivity index (χ2n) is 15.9. The van der Waals surface area contributed by atoms with E-state index >= 15 is 4.11 Å². The average molecular weight is 768 g/mol. The number of rotatable bonds is 11. The van der Waals surface area contributed by atoms with Crippen LogP contribution in [0, 0.1) is 5.92 Å². The Labute approximate surface area is 322 Å². The van der Waals surface area contributed by atoms with Crippen LogP contribution in [-0.4, -0.2) is 85.4 Å². The van der Waals surface area contributed by atoms with Gasteiger partial charge >= 0.3 is 0 Å². The van der Waals surface area contributed by atoms with Crippen LogP contribution in [-0.2, 0) is 39.4 Å². The number of aryl methyl sites for hydroxylation is 1. The van der Waals surface area contributed by atoms with Crippen molar-refractivity contribution < 1.29 is 28.3 Å². The van der Waals surface area contributed by atoms with E-state index in [1.54, 1.807) is 36.0 Å². The fourth-order valence-electron chi connectivity index (χ4n) is 9.65. The molecule has 4 atom stereocenters. The van der Waals surface area contributed by atoms with Crippen molar-refractivity contribution in [2.45, 2.75) is 81.6 Å². The lowest BCUT2D eigenvalue weighted by atomic mass is 9.82. The monoisotopic (exact) mass is 767 g/mol. The van der Waals surface area contributed by atoms with E-state index in [4.69, 9.17) is 9.47 Å². The number of ether oxygens (including phenoxy) is 2. The molecule has 4 aliphatic heterocycles. The Morgan fingerprint density at radius 2 is 1.76 bits per heavy atom. The first-order valence-electron chi connectivity index (χ1n) is 19.3. The molecule has 0 radical (unpaired) electrons. The molecule has 3 saturated heterocycles. The molecule has 2 amide bonds. The number of aromatic nitrogens is 3. The summed E-state index contributed by atoms with van der Waals surface area (Å²) >= 11 is 0. The minimum Gasteiger partial charge on any atom is -0.497 e. The van der Waals surface area contributed by atoms with E-state index in [1.165, 1.54) is 0 Å². The number of methoxy groups -OCH3 is 1. The number of nitrogens with zero attached hydrogens (tertiary/aromatic N) is 6. The van der Waals surface area contributed by atoms with E-state index in [-0.39, 0.29) is 25.0 Å². The summed E-state index contributed by atoms with van der Waals surface area (Å²) in [6.07, 6.45) is 3.56. The number of halogens is 1. The van der Waals surface area contributed by atoms with Crippen LogP contribution in [0.3, 0.4) is 0 Å². The number of aliphatic hydroxyl groups excluding tert-OH is 1. The lowest BCUT2D eigenvalue weighted by Gasteiger charge is -2.39. The molecule has 0 saturated carbocycles. The highest BCUT2D eigenvalue weighted by Crippen LogP contribution is 2.60. The summed E-state index contributed by atoms with van der Waals surface area (Å²) in [5.74, 6) is 0.0298. The number of hydrogen-bond donors (Lipinski definition) is 2. The van der Waals surface area contributed by atoms with E-state index < -0.39 is 37.1 Å². The number of carbonyl (C=O) groups is 2. The van der Waals surface area contributed by atoms with Crippen LogP contribution in [0.4, 0.5) is 21.2 Å². The quantitative estimate of drug-likeness (QED) is 0.157. The average Bonchev–Trinajstić information content (AvgIpc) is 3.90. The van der Waals surface area contributed by atoms with Gasteiger partial charge in [-0.05, 0) is 93.5 Å². The summed E-state index contributed by atoms with van der Waals surface area (Å²) in [7, 11) is -1.78. The topological polar surface area (TPSA) is 125 Å². The van der Waals surface area contributed by atoms with Crippen LogP contribution in [0.1, 0.15) is 43.0 Å².